The summed E-state index contributed by atoms with van der Waals surface area (Å²) in [6.45, 7) is 6.93. The third-order valence-electron chi connectivity index (χ3n) is 3.30. The number of carbonyl (C=O) groups is 1. The molecule has 1 aliphatic rings. The van der Waals surface area contributed by atoms with Crippen molar-refractivity contribution in [1.82, 2.24) is 15.5 Å². The first-order chi connectivity index (χ1) is 10.1. The molecule has 0 aromatic carbocycles. The lowest BCUT2D eigenvalue weighted by Gasteiger charge is -2.29. The van der Waals surface area contributed by atoms with E-state index in [4.69, 9.17) is 16.3 Å². The van der Waals surface area contributed by atoms with E-state index in [2.05, 4.69) is 15.5 Å². The molecule has 0 spiro atoms. The van der Waals surface area contributed by atoms with Gasteiger partial charge in [0.05, 0.1) is 17.6 Å². The molecule has 0 aliphatic carbocycles. The van der Waals surface area contributed by atoms with Gasteiger partial charge in [0.1, 0.15) is 0 Å². The predicted octanol–water partition coefficient (Wildman–Crippen LogP) is 1.96. The first kappa shape index (κ1) is 16.5. The first-order valence-electron chi connectivity index (χ1n) is 7.22. The number of halogens is 1. The standard InChI is InChI=1S/C14H22ClN3O2S/c1-11(10-18-6-8-20-9-7-18)17-14(19)16-5-4-12-2-3-13(15)21-12/h2-3,11H,4-10H2,1H3,(H2,16,17,19)/t11-/m0/s1. The number of hydrogen-bond donors (Lipinski definition) is 2. The Morgan fingerprint density at radius 2 is 2.24 bits per heavy atom. The van der Waals surface area contributed by atoms with Crippen molar-refractivity contribution in [3.8, 4) is 0 Å². The van der Waals surface area contributed by atoms with Gasteiger partial charge in [0.2, 0.25) is 0 Å². The van der Waals surface area contributed by atoms with Crippen LogP contribution in [0.1, 0.15) is 11.8 Å². The van der Waals surface area contributed by atoms with Gasteiger partial charge in [0.15, 0.2) is 0 Å². The average molecular weight is 332 g/mol. The topological polar surface area (TPSA) is 53.6 Å². The molecule has 1 saturated heterocycles. The number of nitrogens with zero attached hydrogens (tertiary/aromatic N) is 1. The average Bonchev–Trinajstić information content (AvgIpc) is 2.85. The highest BCUT2D eigenvalue weighted by Crippen LogP contribution is 2.21. The fourth-order valence-corrected chi connectivity index (χ4v) is 3.36. The molecule has 21 heavy (non-hydrogen) atoms. The zero-order chi connectivity index (χ0) is 15.1. The molecule has 2 N–H and O–H groups in total. The fraction of sp³-hybridized carbons (Fsp3) is 0.643. The third-order valence-corrected chi connectivity index (χ3v) is 4.59. The van der Waals surface area contributed by atoms with E-state index >= 15 is 0 Å². The molecule has 0 bridgehead atoms. The number of morpholine rings is 1. The summed E-state index contributed by atoms with van der Waals surface area (Å²) in [6.07, 6.45) is 0.808. The van der Waals surface area contributed by atoms with Gasteiger partial charge in [-0.05, 0) is 25.5 Å². The smallest absolute Gasteiger partial charge is 0.315 e. The highest BCUT2D eigenvalue weighted by Gasteiger charge is 2.14. The van der Waals surface area contributed by atoms with Crippen molar-refractivity contribution in [2.24, 2.45) is 0 Å². The molecule has 2 amide bonds. The number of ether oxygens (including phenoxy) is 1. The van der Waals surface area contributed by atoms with Crippen LogP contribution in [0.3, 0.4) is 0 Å². The van der Waals surface area contributed by atoms with Gasteiger partial charge in [-0.25, -0.2) is 4.79 Å². The molecule has 1 aliphatic heterocycles. The number of amides is 2. The Balaban J connectivity index is 1.59. The SMILES string of the molecule is C[C@@H](CN1CCOCC1)NC(=O)NCCc1ccc(Cl)s1. The van der Waals surface area contributed by atoms with Crippen LogP contribution < -0.4 is 10.6 Å². The van der Waals surface area contributed by atoms with Gasteiger partial charge < -0.3 is 15.4 Å². The van der Waals surface area contributed by atoms with Crippen molar-refractivity contribution < 1.29 is 9.53 Å². The van der Waals surface area contributed by atoms with E-state index in [1.165, 1.54) is 4.88 Å². The summed E-state index contributed by atoms with van der Waals surface area (Å²) >= 11 is 7.42. The Morgan fingerprint density at radius 3 is 2.90 bits per heavy atom. The van der Waals surface area contributed by atoms with Crippen LogP contribution in [0.15, 0.2) is 12.1 Å². The molecule has 5 nitrogen and oxygen atoms in total. The van der Waals surface area contributed by atoms with E-state index < -0.39 is 0 Å². The zero-order valence-electron chi connectivity index (χ0n) is 12.2. The lowest BCUT2D eigenvalue weighted by atomic mass is 10.3. The van der Waals surface area contributed by atoms with Crippen LogP contribution in [0, 0.1) is 0 Å². The van der Waals surface area contributed by atoms with Crippen molar-refractivity contribution in [2.75, 3.05) is 39.4 Å². The van der Waals surface area contributed by atoms with E-state index in [0.717, 1.165) is 43.6 Å². The monoisotopic (exact) mass is 331 g/mol. The minimum atomic E-state index is -0.113. The van der Waals surface area contributed by atoms with Crippen LogP contribution in [-0.2, 0) is 11.2 Å². The third kappa shape index (κ3) is 6.22. The minimum Gasteiger partial charge on any atom is -0.379 e. The normalized spacial score (nSPS) is 17.4. The second-order valence-corrected chi connectivity index (χ2v) is 6.97. The van der Waals surface area contributed by atoms with Crippen molar-refractivity contribution in [3.63, 3.8) is 0 Å². The molecular weight excluding hydrogens is 310 g/mol. The van der Waals surface area contributed by atoms with Crippen LogP contribution in [0.4, 0.5) is 4.79 Å². The molecule has 118 valence electrons. The summed E-state index contributed by atoms with van der Waals surface area (Å²) in [4.78, 5) is 15.3. The van der Waals surface area contributed by atoms with Gasteiger partial charge in [0, 0.05) is 37.1 Å². The molecular formula is C14H22ClN3O2S. The molecule has 0 saturated carbocycles. The molecule has 7 heteroatoms. The largest absolute Gasteiger partial charge is 0.379 e. The van der Waals surface area contributed by atoms with Crippen molar-refractivity contribution in [3.05, 3.63) is 21.3 Å². The zero-order valence-corrected chi connectivity index (χ0v) is 13.8. The maximum atomic E-state index is 11.8. The summed E-state index contributed by atoms with van der Waals surface area (Å²) in [5.74, 6) is 0. The Hall–Kier alpha value is -0.820. The van der Waals surface area contributed by atoms with Gasteiger partial charge in [-0.1, -0.05) is 11.6 Å². The number of hydrogen-bond acceptors (Lipinski definition) is 4. The van der Waals surface area contributed by atoms with Crippen molar-refractivity contribution in [2.45, 2.75) is 19.4 Å². The van der Waals surface area contributed by atoms with Crippen LogP contribution in [-0.4, -0.2) is 56.4 Å². The second kappa shape index (κ2) is 8.58. The van der Waals surface area contributed by atoms with E-state index in [-0.39, 0.29) is 12.1 Å². The molecule has 1 aromatic heterocycles. The minimum absolute atomic E-state index is 0.113. The maximum Gasteiger partial charge on any atom is 0.315 e. The number of carbonyl (C=O) groups excluding carboxylic acids is 1. The van der Waals surface area contributed by atoms with E-state index in [9.17, 15) is 4.79 Å². The van der Waals surface area contributed by atoms with Gasteiger partial charge in [-0.3, -0.25) is 4.90 Å². The van der Waals surface area contributed by atoms with E-state index in [1.807, 2.05) is 19.1 Å². The lowest BCUT2D eigenvalue weighted by molar-refractivity contribution is 0.0349. The number of thiophene rings is 1. The summed E-state index contributed by atoms with van der Waals surface area (Å²) in [5, 5.41) is 5.84. The van der Waals surface area contributed by atoms with Crippen LogP contribution in [0.2, 0.25) is 4.34 Å². The summed E-state index contributed by atoms with van der Waals surface area (Å²) in [6, 6.07) is 3.89. The molecule has 0 unspecified atom stereocenters. The molecule has 1 atom stereocenters. The van der Waals surface area contributed by atoms with Crippen molar-refractivity contribution in [1.29, 1.82) is 0 Å². The van der Waals surface area contributed by atoms with Crippen LogP contribution in [0.5, 0.6) is 0 Å². The summed E-state index contributed by atoms with van der Waals surface area (Å²) in [7, 11) is 0. The molecule has 1 aromatic rings. The quantitative estimate of drug-likeness (QED) is 0.838. The fourth-order valence-electron chi connectivity index (χ4n) is 2.28. The van der Waals surface area contributed by atoms with Gasteiger partial charge in [0.25, 0.3) is 0 Å². The molecule has 1 fully saturated rings. The second-order valence-electron chi connectivity index (χ2n) is 5.17. The maximum absolute atomic E-state index is 11.8. The Bertz CT molecular complexity index is 449. The molecule has 0 radical (unpaired) electrons. The predicted molar refractivity (Wildman–Crippen MR) is 86.3 cm³/mol. The highest BCUT2D eigenvalue weighted by atomic mass is 35.5. The molecule has 2 rings (SSSR count). The number of rotatable bonds is 6. The lowest BCUT2D eigenvalue weighted by Crippen LogP contribution is -2.48. The first-order valence-corrected chi connectivity index (χ1v) is 8.41. The Labute approximate surface area is 134 Å². The van der Waals surface area contributed by atoms with Gasteiger partial charge in [-0.2, -0.15) is 0 Å². The number of nitrogens with one attached hydrogen (secondary N) is 2. The van der Waals surface area contributed by atoms with Gasteiger partial charge in [-0.15, -0.1) is 11.3 Å². The Kier molecular flexibility index (Phi) is 6.76. The van der Waals surface area contributed by atoms with Crippen LogP contribution >= 0.6 is 22.9 Å². The van der Waals surface area contributed by atoms with E-state index in [1.54, 1.807) is 11.3 Å². The number of urea groups is 1. The Morgan fingerprint density at radius 1 is 1.48 bits per heavy atom. The summed E-state index contributed by atoms with van der Waals surface area (Å²) in [5.41, 5.74) is 0. The summed E-state index contributed by atoms with van der Waals surface area (Å²) < 4.78 is 6.10. The van der Waals surface area contributed by atoms with E-state index in [0.29, 0.717) is 6.54 Å². The highest BCUT2D eigenvalue weighted by molar-refractivity contribution is 7.16. The van der Waals surface area contributed by atoms with Crippen LogP contribution in [0.25, 0.3) is 0 Å². The molecule has 2 heterocycles. The van der Waals surface area contributed by atoms with Gasteiger partial charge >= 0.3 is 6.03 Å². The van der Waals surface area contributed by atoms with Crippen molar-refractivity contribution >= 4 is 29.0 Å².